The Morgan fingerprint density at radius 2 is 1.71 bits per heavy atom. The number of phenolic OH excluding ortho intramolecular Hbond substituents is 2. The van der Waals surface area contributed by atoms with Crippen LogP contribution in [0, 0.1) is 0 Å². The van der Waals surface area contributed by atoms with Gasteiger partial charge in [-0.1, -0.05) is 0 Å². The van der Waals surface area contributed by atoms with Gasteiger partial charge in [-0.25, -0.2) is 9.78 Å². The van der Waals surface area contributed by atoms with E-state index in [1.54, 1.807) is 31.4 Å². The number of carbonyl (C=O) groups is 1. The van der Waals surface area contributed by atoms with Crippen molar-refractivity contribution < 1.29 is 24.9 Å². The Bertz CT molecular complexity index is 1200. The van der Waals surface area contributed by atoms with E-state index in [1.807, 2.05) is 0 Å². The molecule has 0 saturated heterocycles. The molecule has 2 heterocycles. The number of nitrogens with one attached hydrogen (secondary N) is 1. The number of aromatic amines is 1. The highest BCUT2D eigenvalue weighted by Gasteiger charge is 2.20. The van der Waals surface area contributed by atoms with Crippen molar-refractivity contribution in [3.63, 3.8) is 0 Å². The molecule has 0 atom stereocenters. The van der Waals surface area contributed by atoms with Crippen molar-refractivity contribution in [1.82, 2.24) is 15.2 Å². The lowest BCUT2D eigenvalue weighted by Gasteiger charge is -2.07. The number of phenols is 2. The molecular formula is C20H15N3O5. The molecule has 4 aromatic rings. The van der Waals surface area contributed by atoms with Crippen molar-refractivity contribution in [3.8, 4) is 39.8 Å². The third kappa shape index (κ3) is 2.86. The lowest BCUT2D eigenvalue weighted by Crippen LogP contribution is -2.00. The van der Waals surface area contributed by atoms with E-state index in [4.69, 9.17) is 4.74 Å². The number of rotatable bonds is 4. The van der Waals surface area contributed by atoms with E-state index in [2.05, 4.69) is 15.2 Å². The molecule has 0 unspecified atom stereocenters. The van der Waals surface area contributed by atoms with Crippen LogP contribution in [0.5, 0.6) is 17.2 Å². The van der Waals surface area contributed by atoms with Crippen LogP contribution >= 0.6 is 0 Å². The van der Waals surface area contributed by atoms with Crippen LogP contribution in [0.15, 0.2) is 48.5 Å². The fraction of sp³-hybridized carbons (Fsp3) is 0.0500. The monoisotopic (exact) mass is 377 g/mol. The topological polar surface area (TPSA) is 129 Å². The van der Waals surface area contributed by atoms with Gasteiger partial charge in [-0.3, -0.25) is 5.10 Å². The fourth-order valence-electron chi connectivity index (χ4n) is 2.99. The minimum atomic E-state index is -1.13. The van der Waals surface area contributed by atoms with Gasteiger partial charge in [-0.15, -0.1) is 0 Å². The number of aromatic hydroxyl groups is 2. The Balaban J connectivity index is 1.91. The highest BCUT2D eigenvalue weighted by molar-refractivity contribution is 6.08. The smallest absolute Gasteiger partial charge is 0.336 e. The summed E-state index contributed by atoms with van der Waals surface area (Å²) in [4.78, 5) is 16.4. The number of ether oxygens (including phenoxy) is 1. The first-order valence-corrected chi connectivity index (χ1v) is 8.27. The largest absolute Gasteiger partial charge is 0.504 e. The second kappa shape index (κ2) is 6.58. The second-order valence-electron chi connectivity index (χ2n) is 6.09. The van der Waals surface area contributed by atoms with Gasteiger partial charge in [0.15, 0.2) is 17.1 Å². The van der Waals surface area contributed by atoms with Gasteiger partial charge in [0.1, 0.15) is 11.4 Å². The molecule has 0 aliphatic heterocycles. The summed E-state index contributed by atoms with van der Waals surface area (Å²) in [5.74, 6) is -1.05. The summed E-state index contributed by atoms with van der Waals surface area (Å²) in [7, 11) is 1.56. The Hall–Kier alpha value is -4.07. The van der Waals surface area contributed by atoms with E-state index in [9.17, 15) is 20.1 Å². The molecule has 0 fully saturated rings. The lowest BCUT2D eigenvalue weighted by molar-refractivity contribution is 0.0699. The molecule has 0 amide bonds. The molecule has 2 aromatic carbocycles. The average molecular weight is 377 g/mol. The van der Waals surface area contributed by atoms with Crippen molar-refractivity contribution in [3.05, 3.63) is 54.1 Å². The van der Waals surface area contributed by atoms with E-state index >= 15 is 0 Å². The standard InChI is InChI=1S/C20H15N3O5/c1-28-12-5-2-10(3-6-12)18-17-13(20(26)27)9-14(21-19(17)23-22-18)11-4-7-15(24)16(25)8-11/h2-9,24-25H,1H3,(H,26,27)(H,21,22,23). The minimum absolute atomic E-state index is 0.0205. The first-order chi connectivity index (χ1) is 13.5. The van der Waals surface area contributed by atoms with Crippen molar-refractivity contribution in [1.29, 1.82) is 0 Å². The minimum Gasteiger partial charge on any atom is -0.504 e. The molecule has 4 rings (SSSR count). The number of hydrogen-bond acceptors (Lipinski definition) is 6. The maximum Gasteiger partial charge on any atom is 0.336 e. The first kappa shape index (κ1) is 17.3. The summed E-state index contributed by atoms with van der Waals surface area (Å²) in [6, 6.07) is 12.7. The third-order valence-corrected chi connectivity index (χ3v) is 4.39. The van der Waals surface area contributed by atoms with Gasteiger partial charge in [-0.05, 0) is 48.5 Å². The van der Waals surface area contributed by atoms with Crippen molar-refractivity contribution in [2.24, 2.45) is 0 Å². The van der Waals surface area contributed by atoms with Crippen LogP contribution in [-0.2, 0) is 0 Å². The van der Waals surface area contributed by atoms with Gasteiger partial charge in [0.05, 0.1) is 23.8 Å². The number of pyridine rings is 1. The van der Waals surface area contributed by atoms with Crippen LogP contribution in [-0.4, -0.2) is 43.6 Å². The molecule has 4 N–H and O–H groups in total. The Labute approximate surface area is 158 Å². The SMILES string of the molecule is COc1ccc(-c2n[nH]c3nc(-c4ccc(O)c(O)c4)cc(C(=O)O)c23)cc1. The predicted octanol–water partition coefficient (Wildman–Crippen LogP) is 3.41. The van der Waals surface area contributed by atoms with Crippen LogP contribution in [0.4, 0.5) is 0 Å². The van der Waals surface area contributed by atoms with E-state index in [-0.39, 0.29) is 17.1 Å². The van der Waals surface area contributed by atoms with Crippen molar-refractivity contribution in [2.75, 3.05) is 7.11 Å². The van der Waals surface area contributed by atoms with E-state index in [1.165, 1.54) is 24.3 Å². The molecule has 2 aromatic heterocycles. The molecule has 0 radical (unpaired) electrons. The van der Waals surface area contributed by atoms with Gasteiger partial charge in [-0.2, -0.15) is 5.10 Å². The number of aromatic carboxylic acids is 1. The molecular weight excluding hydrogens is 362 g/mol. The summed E-state index contributed by atoms with van der Waals surface area (Å²) in [6.07, 6.45) is 0. The average Bonchev–Trinajstić information content (AvgIpc) is 3.13. The van der Waals surface area contributed by atoms with Crippen LogP contribution in [0.2, 0.25) is 0 Å². The number of nitrogens with zero attached hydrogens (tertiary/aromatic N) is 2. The van der Waals surface area contributed by atoms with E-state index in [0.717, 1.165) is 0 Å². The number of hydrogen-bond donors (Lipinski definition) is 4. The number of aromatic nitrogens is 3. The Morgan fingerprint density at radius 3 is 2.36 bits per heavy atom. The van der Waals surface area contributed by atoms with Crippen LogP contribution in [0.1, 0.15) is 10.4 Å². The molecule has 8 nitrogen and oxygen atoms in total. The number of carboxylic acids is 1. The zero-order valence-corrected chi connectivity index (χ0v) is 14.7. The quantitative estimate of drug-likeness (QED) is 0.401. The number of fused-ring (bicyclic) bond motifs is 1. The number of methoxy groups -OCH3 is 1. The summed E-state index contributed by atoms with van der Waals surface area (Å²) < 4.78 is 5.15. The summed E-state index contributed by atoms with van der Waals surface area (Å²) in [6.45, 7) is 0. The maximum atomic E-state index is 11.9. The number of carboxylic acid groups (broad SMARTS) is 1. The van der Waals surface area contributed by atoms with Gasteiger partial charge in [0.2, 0.25) is 0 Å². The van der Waals surface area contributed by atoms with Gasteiger partial charge in [0, 0.05) is 11.1 Å². The van der Waals surface area contributed by atoms with E-state index < -0.39 is 5.97 Å². The lowest BCUT2D eigenvalue weighted by atomic mass is 10.0. The number of benzene rings is 2. The van der Waals surface area contributed by atoms with Crippen molar-refractivity contribution in [2.45, 2.75) is 0 Å². The zero-order valence-electron chi connectivity index (χ0n) is 14.7. The summed E-state index contributed by atoms with van der Waals surface area (Å²) in [5.41, 5.74) is 2.28. The molecule has 0 aliphatic rings. The summed E-state index contributed by atoms with van der Waals surface area (Å²) >= 11 is 0. The molecule has 140 valence electrons. The van der Waals surface area contributed by atoms with Gasteiger partial charge >= 0.3 is 5.97 Å². The molecule has 0 spiro atoms. The third-order valence-electron chi connectivity index (χ3n) is 4.39. The predicted molar refractivity (Wildman–Crippen MR) is 102 cm³/mol. The number of H-pyrrole nitrogens is 1. The zero-order chi connectivity index (χ0) is 19.8. The van der Waals surface area contributed by atoms with Gasteiger partial charge in [0.25, 0.3) is 0 Å². The molecule has 0 saturated carbocycles. The highest BCUT2D eigenvalue weighted by atomic mass is 16.5. The summed E-state index contributed by atoms with van der Waals surface area (Å²) in [5, 5.41) is 36.4. The molecule has 28 heavy (non-hydrogen) atoms. The Morgan fingerprint density at radius 1 is 1.00 bits per heavy atom. The van der Waals surface area contributed by atoms with Crippen LogP contribution in [0.25, 0.3) is 33.5 Å². The highest BCUT2D eigenvalue weighted by Crippen LogP contribution is 2.34. The normalized spacial score (nSPS) is 10.9. The fourth-order valence-corrected chi connectivity index (χ4v) is 2.99. The van der Waals surface area contributed by atoms with E-state index in [0.29, 0.717) is 39.3 Å². The molecule has 8 heteroatoms. The van der Waals surface area contributed by atoms with Crippen LogP contribution < -0.4 is 4.74 Å². The maximum absolute atomic E-state index is 11.9. The van der Waals surface area contributed by atoms with Crippen LogP contribution in [0.3, 0.4) is 0 Å². The molecule has 0 bridgehead atoms. The van der Waals surface area contributed by atoms with Crippen molar-refractivity contribution >= 4 is 17.0 Å². The second-order valence-corrected chi connectivity index (χ2v) is 6.09. The Kier molecular flexibility index (Phi) is 4.08. The molecule has 0 aliphatic carbocycles. The van der Waals surface area contributed by atoms with Gasteiger partial charge < -0.3 is 20.1 Å². The first-order valence-electron chi connectivity index (χ1n) is 8.27.